The molecule has 0 unspecified atom stereocenters. The van der Waals surface area contributed by atoms with Crippen molar-refractivity contribution in [2.75, 3.05) is 7.05 Å². The van der Waals surface area contributed by atoms with E-state index in [0.29, 0.717) is 10.0 Å². The van der Waals surface area contributed by atoms with E-state index in [4.69, 9.17) is 23.2 Å². The molecule has 4 heteroatoms. The highest BCUT2D eigenvalue weighted by atomic mass is 35.5. The number of halogens is 2. The zero-order chi connectivity index (χ0) is 11.0. The summed E-state index contributed by atoms with van der Waals surface area (Å²) < 4.78 is 0. The molecule has 1 aliphatic heterocycles. The van der Waals surface area contributed by atoms with E-state index >= 15 is 0 Å². The molecule has 0 saturated carbocycles. The number of hydrogen-bond acceptors (Lipinski definition) is 2. The van der Waals surface area contributed by atoms with E-state index in [2.05, 4.69) is 11.9 Å². The van der Waals surface area contributed by atoms with Crippen molar-refractivity contribution in [1.82, 2.24) is 10.2 Å². The molecular weight excluding hydrogens is 231 g/mol. The van der Waals surface area contributed by atoms with Crippen LogP contribution >= 0.6 is 23.2 Å². The molecule has 0 spiro atoms. The predicted octanol–water partition coefficient (Wildman–Crippen LogP) is 3.30. The molecule has 1 aliphatic rings. The lowest BCUT2D eigenvalue weighted by Gasteiger charge is -2.17. The molecule has 1 heterocycles. The monoisotopic (exact) mass is 240 g/mol. The second-order valence-corrected chi connectivity index (χ2v) is 4.15. The summed E-state index contributed by atoms with van der Waals surface area (Å²) >= 11 is 12.0. The first-order valence-electron chi connectivity index (χ1n) is 4.44. The van der Waals surface area contributed by atoms with E-state index in [1.54, 1.807) is 6.07 Å². The molecular formula is C11H10Cl2N2. The van der Waals surface area contributed by atoms with Gasteiger partial charge in [-0.15, -0.1) is 0 Å². The number of nitrogens with one attached hydrogen (secondary N) is 1. The molecule has 0 aromatic heterocycles. The largest absolute Gasteiger partial charge is 0.346 e. The lowest BCUT2D eigenvalue weighted by Crippen LogP contribution is -2.14. The van der Waals surface area contributed by atoms with Crippen LogP contribution in [0, 0.1) is 0 Å². The summed E-state index contributed by atoms with van der Waals surface area (Å²) in [5.74, 6) is 0.830. The van der Waals surface area contributed by atoms with Crippen molar-refractivity contribution in [2.24, 2.45) is 0 Å². The van der Waals surface area contributed by atoms with Crippen molar-refractivity contribution in [3.05, 3.63) is 52.4 Å². The summed E-state index contributed by atoms with van der Waals surface area (Å²) in [4.78, 5) is 1.94. The predicted molar refractivity (Wildman–Crippen MR) is 64.5 cm³/mol. The van der Waals surface area contributed by atoms with Crippen LogP contribution in [0.4, 0.5) is 0 Å². The van der Waals surface area contributed by atoms with Gasteiger partial charge in [0, 0.05) is 23.8 Å². The fourth-order valence-electron chi connectivity index (χ4n) is 1.45. The van der Waals surface area contributed by atoms with E-state index < -0.39 is 0 Å². The molecule has 78 valence electrons. The molecule has 1 aromatic rings. The molecule has 0 saturated heterocycles. The van der Waals surface area contributed by atoms with Gasteiger partial charge in [-0.2, -0.15) is 0 Å². The summed E-state index contributed by atoms with van der Waals surface area (Å²) in [6, 6.07) is 5.44. The summed E-state index contributed by atoms with van der Waals surface area (Å²) in [5, 5.41) is 4.31. The zero-order valence-corrected chi connectivity index (χ0v) is 9.73. The van der Waals surface area contributed by atoms with Gasteiger partial charge in [-0.25, -0.2) is 0 Å². The van der Waals surface area contributed by atoms with E-state index in [1.807, 2.05) is 30.3 Å². The highest BCUT2D eigenvalue weighted by Crippen LogP contribution is 2.31. The van der Waals surface area contributed by atoms with Gasteiger partial charge in [-0.3, -0.25) is 0 Å². The summed E-state index contributed by atoms with van der Waals surface area (Å²) in [7, 11) is 1.93. The Morgan fingerprint density at radius 3 is 2.60 bits per heavy atom. The summed E-state index contributed by atoms with van der Waals surface area (Å²) in [6.45, 7) is 3.85. The highest BCUT2D eigenvalue weighted by molar-refractivity contribution is 6.35. The number of nitrogens with zero attached hydrogens (tertiary/aromatic N) is 1. The molecule has 0 fully saturated rings. The van der Waals surface area contributed by atoms with Crippen LogP contribution in [0.3, 0.4) is 0 Å². The van der Waals surface area contributed by atoms with Gasteiger partial charge in [0.05, 0.1) is 10.7 Å². The first kappa shape index (κ1) is 10.4. The molecule has 2 rings (SSSR count). The average Bonchev–Trinajstić information content (AvgIpc) is 2.49. The smallest absolute Gasteiger partial charge is 0.102 e. The average molecular weight is 241 g/mol. The maximum absolute atomic E-state index is 6.11. The van der Waals surface area contributed by atoms with Gasteiger partial charge in [0.25, 0.3) is 0 Å². The molecule has 1 N–H and O–H groups in total. The third-order valence-electron chi connectivity index (χ3n) is 2.35. The van der Waals surface area contributed by atoms with Crippen molar-refractivity contribution >= 4 is 28.9 Å². The van der Waals surface area contributed by atoms with E-state index in [0.717, 1.165) is 17.1 Å². The normalized spacial score (nSPS) is 15.3. The minimum atomic E-state index is 0.636. The van der Waals surface area contributed by atoms with Crippen LogP contribution in [0.25, 0.3) is 5.70 Å². The Morgan fingerprint density at radius 2 is 2.07 bits per heavy atom. The Labute approximate surface area is 98.8 Å². The van der Waals surface area contributed by atoms with Crippen molar-refractivity contribution in [3.8, 4) is 0 Å². The van der Waals surface area contributed by atoms with Crippen molar-refractivity contribution in [1.29, 1.82) is 0 Å². The van der Waals surface area contributed by atoms with Gasteiger partial charge in [0.15, 0.2) is 0 Å². The second kappa shape index (κ2) is 3.80. The van der Waals surface area contributed by atoms with Gasteiger partial charge < -0.3 is 10.2 Å². The van der Waals surface area contributed by atoms with E-state index in [-0.39, 0.29) is 0 Å². The molecule has 1 aromatic carbocycles. The van der Waals surface area contributed by atoms with Crippen LogP contribution in [0.1, 0.15) is 5.56 Å². The third kappa shape index (κ3) is 1.83. The Kier molecular flexibility index (Phi) is 2.63. The van der Waals surface area contributed by atoms with E-state index in [1.165, 1.54) is 0 Å². The first-order chi connectivity index (χ1) is 7.09. The summed E-state index contributed by atoms with van der Waals surface area (Å²) in [6.07, 6.45) is 1.87. The molecule has 2 nitrogen and oxygen atoms in total. The van der Waals surface area contributed by atoms with Crippen LogP contribution in [-0.4, -0.2) is 11.9 Å². The van der Waals surface area contributed by atoms with Crippen molar-refractivity contribution in [3.63, 3.8) is 0 Å². The highest BCUT2D eigenvalue weighted by Gasteiger charge is 2.18. The summed E-state index contributed by atoms with van der Waals surface area (Å²) in [5.41, 5.74) is 1.93. The Morgan fingerprint density at radius 1 is 1.33 bits per heavy atom. The van der Waals surface area contributed by atoms with Crippen LogP contribution in [0.15, 0.2) is 36.8 Å². The van der Waals surface area contributed by atoms with Crippen molar-refractivity contribution in [2.45, 2.75) is 0 Å². The van der Waals surface area contributed by atoms with Crippen LogP contribution in [0.2, 0.25) is 10.0 Å². The lowest BCUT2D eigenvalue weighted by atomic mass is 10.1. The number of benzene rings is 1. The van der Waals surface area contributed by atoms with Gasteiger partial charge in [-0.1, -0.05) is 29.8 Å². The minimum Gasteiger partial charge on any atom is -0.346 e. The molecule has 0 amide bonds. The van der Waals surface area contributed by atoms with Gasteiger partial charge in [-0.05, 0) is 18.2 Å². The van der Waals surface area contributed by atoms with Crippen LogP contribution in [-0.2, 0) is 0 Å². The third-order valence-corrected chi connectivity index (χ3v) is 2.90. The standard InChI is InChI=1S/C11H10Cl2N2/c1-7-14-6-11(15(7)2)9-4-3-8(12)5-10(9)13/h3-6,14H,1H2,2H3. The molecule has 15 heavy (non-hydrogen) atoms. The Hall–Kier alpha value is -1.12. The molecule has 0 bridgehead atoms. The van der Waals surface area contributed by atoms with E-state index in [9.17, 15) is 0 Å². The maximum atomic E-state index is 6.11. The first-order valence-corrected chi connectivity index (χ1v) is 5.20. The fraction of sp³-hybridized carbons (Fsp3) is 0.0909. The number of rotatable bonds is 1. The van der Waals surface area contributed by atoms with Gasteiger partial charge in [0.1, 0.15) is 5.82 Å². The lowest BCUT2D eigenvalue weighted by molar-refractivity contribution is 0.596. The Bertz CT molecular complexity index is 452. The van der Waals surface area contributed by atoms with Gasteiger partial charge >= 0.3 is 0 Å². The van der Waals surface area contributed by atoms with Crippen LogP contribution < -0.4 is 5.32 Å². The molecule has 0 aliphatic carbocycles. The molecule has 0 radical (unpaired) electrons. The second-order valence-electron chi connectivity index (χ2n) is 3.30. The minimum absolute atomic E-state index is 0.636. The SMILES string of the molecule is C=C1NC=C(c2ccc(Cl)cc2Cl)N1C. The fourth-order valence-corrected chi connectivity index (χ4v) is 1.95. The zero-order valence-electron chi connectivity index (χ0n) is 8.22. The number of hydrogen-bond donors (Lipinski definition) is 1. The topological polar surface area (TPSA) is 15.3 Å². The quantitative estimate of drug-likeness (QED) is 0.811. The molecule has 0 atom stereocenters. The Balaban J connectivity index is 2.43. The van der Waals surface area contributed by atoms with Gasteiger partial charge in [0.2, 0.25) is 0 Å². The maximum Gasteiger partial charge on any atom is 0.102 e. The van der Waals surface area contributed by atoms with Crippen LogP contribution in [0.5, 0.6) is 0 Å². The van der Waals surface area contributed by atoms with Crippen molar-refractivity contribution < 1.29 is 0 Å².